The summed E-state index contributed by atoms with van der Waals surface area (Å²) in [6.07, 6.45) is 4.17. The Bertz CT molecular complexity index is 1020. The first-order chi connectivity index (χ1) is 12.3. The smallest absolute Gasteiger partial charge is 0.134 e. The normalized spacial score (nSPS) is 11.4. The van der Waals surface area contributed by atoms with Crippen LogP contribution in [-0.4, -0.2) is 9.55 Å². The molecule has 4 rings (SSSR count). The van der Waals surface area contributed by atoms with Crippen molar-refractivity contribution in [3.63, 3.8) is 0 Å². The summed E-state index contributed by atoms with van der Waals surface area (Å²) in [4.78, 5) is 4.79. The van der Waals surface area contributed by atoms with Gasteiger partial charge in [0.2, 0.25) is 0 Å². The molecular weight excluding hydrogens is 328 g/mol. The lowest BCUT2D eigenvalue weighted by molar-refractivity contribution is 0.814. The Morgan fingerprint density at radius 2 is 1.52 bits per heavy atom. The highest BCUT2D eigenvalue weighted by Gasteiger charge is 2.08. The average molecular weight is 345 g/mol. The second kappa shape index (κ2) is 6.96. The van der Waals surface area contributed by atoms with E-state index in [0.717, 1.165) is 34.0 Å². The lowest BCUT2D eigenvalue weighted by atomic mass is 10.2. The van der Waals surface area contributed by atoms with Crippen molar-refractivity contribution in [1.82, 2.24) is 9.55 Å². The van der Waals surface area contributed by atoms with Gasteiger partial charge in [0.15, 0.2) is 0 Å². The molecule has 0 aliphatic heterocycles. The van der Waals surface area contributed by atoms with Crippen LogP contribution in [0.15, 0.2) is 78.9 Å². The van der Waals surface area contributed by atoms with Gasteiger partial charge < -0.3 is 4.57 Å². The van der Waals surface area contributed by atoms with Crippen LogP contribution >= 0.6 is 11.6 Å². The molecule has 0 bridgehead atoms. The molecule has 0 aliphatic carbocycles. The number of hydrogen-bond donors (Lipinski definition) is 0. The minimum atomic E-state index is 0.753. The zero-order chi connectivity index (χ0) is 17.1. The van der Waals surface area contributed by atoms with Gasteiger partial charge in [0.25, 0.3) is 0 Å². The standard InChI is InChI=1S/C22H17ClN2/c23-19-13-10-18(11-14-19)16-25-21-9-5-4-8-20(21)24-22(25)15-12-17-6-2-1-3-7-17/h1-15H,16H2. The highest BCUT2D eigenvalue weighted by Crippen LogP contribution is 2.20. The van der Waals surface area contributed by atoms with Crippen molar-refractivity contribution in [3.8, 4) is 0 Å². The fourth-order valence-corrected chi connectivity index (χ4v) is 3.02. The van der Waals surface area contributed by atoms with E-state index in [2.05, 4.69) is 47.1 Å². The van der Waals surface area contributed by atoms with Crippen molar-refractivity contribution in [2.75, 3.05) is 0 Å². The van der Waals surface area contributed by atoms with Crippen LogP contribution in [0.1, 0.15) is 17.0 Å². The van der Waals surface area contributed by atoms with E-state index >= 15 is 0 Å². The third kappa shape index (κ3) is 3.49. The summed E-state index contributed by atoms with van der Waals surface area (Å²) in [5, 5.41) is 0.753. The van der Waals surface area contributed by atoms with Gasteiger partial charge in [0.05, 0.1) is 11.0 Å². The molecule has 0 amide bonds. The van der Waals surface area contributed by atoms with Gasteiger partial charge in [-0.05, 0) is 41.5 Å². The number of para-hydroxylation sites is 2. The zero-order valence-corrected chi connectivity index (χ0v) is 14.4. The maximum Gasteiger partial charge on any atom is 0.134 e. The third-order valence-corrected chi connectivity index (χ3v) is 4.41. The summed E-state index contributed by atoms with van der Waals surface area (Å²) >= 11 is 6.01. The molecular formula is C22H17ClN2. The van der Waals surface area contributed by atoms with E-state index in [4.69, 9.17) is 16.6 Å². The maximum absolute atomic E-state index is 6.01. The van der Waals surface area contributed by atoms with Crippen molar-refractivity contribution < 1.29 is 0 Å². The molecule has 122 valence electrons. The van der Waals surface area contributed by atoms with Crippen LogP contribution in [0.25, 0.3) is 23.2 Å². The number of hydrogen-bond acceptors (Lipinski definition) is 1. The first-order valence-electron chi connectivity index (χ1n) is 8.22. The summed E-state index contributed by atoms with van der Waals surface area (Å²) in [7, 11) is 0. The van der Waals surface area contributed by atoms with Crippen molar-refractivity contribution in [3.05, 3.63) is 101 Å². The second-order valence-corrected chi connectivity index (χ2v) is 6.35. The largest absolute Gasteiger partial charge is 0.320 e. The van der Waals surface area contributed by atoms with Gasteiger partial charge in [-0.25, -0.2) is 4.98 Å². The predicted molar refractivity (Wildman–Crippen MR) is 106 cm³/mol. The summed E-state index contributed by atoms with van der Waals surface area (Å²) in [6, 6.07) is 26.5. The third-order valence-electron chi connectivity index (χ3n) is 4.16. The van der Waals surface area contributed by atoms with Gasteiger partial charge >= 0.3 is 0 Å². The number of benzene rings is 3. The van der Waals surface area contributed by atoms with Crippen molar-refractivity contribution in [2.24, 2.45) is 0 Å². The van der Waals surface area contributed by atoms with Crippen LogP contribution in [0, 0.1) is 0 Å². The van der Waals surface area contributed by atoms with Gasteiger partial charge in [0.1, 0.15) is 5.82 Å². The van der Waals surface area contributed by atoms with Gasteiger partial charge in [-0.15, -0.1) is 0 Å². The molecule has 0 atom stereocenters. The van der Waals surface area contributed by atoms with Crippen molar-refractivity contribution >= 4 is 34.8 Å². The summed E-state index contributed by atoms with van der Waals surface area (Å²) in [5.41, 5.74) is 4.49. The lowest BCUT2D eigenvalue weighted by Crippen LogP contribution is -2.02. The first-order valence-corrected chi connectivity index (χ1v) is 8.60. The molecule has 0 aliphatic rings. The minimum Gasteiger partial charge on any atom is -0.320 e. The van der Waals surface area contributed by atoms with E-state index in [1.807, 2.05) is 48.5 Å². The van der Waals surface area contributed by atoms with Crippen molar-refractivity contribution in [1.29, 1.82) is 0 Å². The molecule has 0 saturated heterocycles. The van der Waals surface area contributed by atoms with E-state index in [-0.39, 0.29) is 0 Å². The number of imidazole rings is 1. The van der Waals surface area contributed by atoms with Crippen molar-refractivity contribution in [2.45, 2.75) is 6.54 Å². The molecule has 25 heavy (non-hydrogen) atoms. The molecule has 1 aromatic heterocycles. The maximum atomic E-state index is 6.01. The van der Waals surface area contributed by atoms with E-state index in [0.29, 0.717) is 0 Å². The first kappa shape index (κ1) is 15.7. The number of nitrogens with zero attached hydrogens (tertiary/aromatic N) is 2. The SMILES string of the molecule is Clc1ccc(Cn2c(C=Cc3ccccc3)nc3ccccc32)cc1. The molecule has 2 nitrogen and oxygen atoms in total. The number of aromatic nitrogens is 2. The summed E-state index contributed by atoms with van der Waals surface area (Å²) in [5.74, 6) is 0.944. The zero-order valence-electron chi connectivity index (χ0n) is 13.6. The Morgan fingerprint density at radius 3 is 2.32 bits per heavy atom. The van der Waals surface area contributed by atoms with Gasteiger partial charge in [-0.2, -0.15) is 0 Å². The molecule has 4 aromatic rings. The average Bonchev–Trinajstić information content (AvgIpc) is 3.00. The monoisotopic (exact) mass is 344 g/mol. The van der Waals surface area contributed by atoms with Crippen LogP contribution in [-0.2, 0) is 6.54 Å². The number of rotatable bonds is 4. The molecule has 3 aromatic carbocycles. The predicted octanol–water partition coefficient (Wildman–Crippen LogP) is 5.91. The molecule has 0 saturated carbocycles. The number of fused-ring (bicyclic) bond motifs is 1. The lowest BCUT2D eigenvalue weighted by Gasteiger charge is -2.07. The van der Waals surface area contributed by atoms with Crippen LogP contribution in [0.4, 0.5) is 0 Å². The van der Waals surface area contributed by atoms with Crippen LogP contribution in [0.3, 0.4) is 0 Å². The number of halogens is 1. The Balaban J connectivity index is 1.75. The van der Waals surface area contributed by atoms with Crippen LogP contribution in [0.2, 0.25) is 5.02 Å². The summed E-state index contributed by atoms with van der Waals surface area (Å²) in [6.45, 7) is 0.756. The molecule has 0 unspecified atom stereocenters. The Kier molecular flexibility index (Phi) is 4.36. The van der Waals surface area contributed by atoms with Crippen LogP contribution < -0.4 is 0 Å². The molecule has 3 heteroatoms. The Morgan fingerprint density at radius 1 is 0.800 bits per heavy atom. The summed E-state index contributed by atoms with van der Waals surface area (Å²) < 4.78 is 2.23. The van der Waals surface area contributed by atoms with E-state index in [1.165, 1.54) is 5.56 Å². The minimum absolute atomic E-state index is 0.753. The Hall–Kier alpha value is -2.84. The fraction of sp³-hybridized carbons (Fsp3) is 0.0455. The highest BCUT2D eigenvalue weighted by molar-refractivity contribution is 6.30. The topological polar surface area (TPSA) is 17.8 Å². The molecule has 0 N–H and O–H groups in total. The highest BCUT2D eigenvalue weighted by atomic mass is 35.5. The second-order valence-electron chi connectivity index (χ2n) is 5.92. The molecule has 1 heterocycles. The van der Waals surface area contributed by atoms with E-state index < -0.39 is 0 Å². The van der Waals surface area contributed by atoms with Gasteiger partial charge in [-0.3, -0.25) is 0 Å². The van der Waals surface area contributed by atoms with Gasteiger partial charge in [-0.1, -0.05) is 72.3 Å². The molecule has 0 fully saturated rings. The van der Waals surface area contributed by atoms with E-state index in [1.54, 1.807) is 0 Å². The molecule has 0 radical (unpaired) electrons. The Labute approximate surface area is 152 Å². The molecule has 0 spiro atoms. The quantitative estimate of drug-likeness (QED) is 0.450. The van der Waals surface area contributed by atoms with E-state index in [9.17, 15) is 0 Å². The van der Waals surface area contributed by atoms with Gasteiger partial charge in [0, 0.05) is 11.6 Å². The van der Waals surface area contributed by atoms with Crippen LogP contribution in [0.5, 0.6) is 0 Å². The fourth-order valence-electron chi connectivity index (χ4n) is 2.89.